The average Bonchev–Trinajstić information content (AvgIpc) is 2.56. The lowest BCUT2D eigenvalue weighted by molar-refractivity contribution is -0.145. The second-order valence-electron chi connectivity index (χ2n) is 5.57. The zero-order chi connectivity index (χ0) is 17.2. The summed E-state index contributed by atoms with van der Waals surface area (Å²) in [7, 11) is 0. The summed E-state index contributed by atoms with van der Waals surface area (Å²) in [6.45, 7) is 3.54. The number of esters is 1. The minimum atomic E-state index is -0.679. The number of rotatable bonds is 10. The largest absolute Gasteiger partial charge is 0.466 e. The molecule has 0 fully saturated rings. The fourth-order valence-corrected chi connectivity index (χ4v) is 2.61. The molecule has 0 spiro atoms. The van der Waals surface area contributed by atoms with Crippen LogP contribution in [-0.4, -0.2) is 41.3 Å². The van der Waals surface area contributed by atoms with Crippen LogP contribution in [0.4, 0.5) is 0 Å². The molecular weight excluding hydrogens is 296 g/mol. The van der Waals surface area contributed by atoms with Gasteiger partial charge in [0.1, 0.15) is 6.42 Å². The van der Waals surface area contributed by atoms with E-state index in [9.17, 15) is 19.8 Å². The molecule has 0 aliphatic heterocycles. The monoisotopic (exact) mass is 322 g/mol. The highest BCUT2D eigenvalue weighted by Gasteiger charge is 2.29. The summed E-state index contributed by atoms with van der Waals surface area (Å²) < 4.78 is 4.84. The summed E-state index contributed by atoms with van der Waals surface area (Å²) in [5.41, 5.74) is 0.781. The van der Waals surface area contributed by atoms with Gasteiger partial charge in [0.15, 0.2) is 5.78 Å². The highest BCUT2D eigenvalue weighted by atomic mass is 16.5. The lowest BCUT2D eigenvalue weighted by Gasteiger charge is -2.25. The number of ketones is 1. The van der Waals surface area contributed by atoms with Crippen LogP contribution in [0.2, 0.25) is 0 Å². The van der Waals surface area contributed by atoms with Crippen molar-refractivity contribution < 1.29 is 24.5 Å². The third kappa shape index (κ3) is 6.12. The third-order valence-electron chi connectivity index (χ3n) is 3.95. The lowest BCUT2D eigenvalue weighted by Crippen LogP contribution is -2.28. The van der Waals surface area contributed by atoms with Crippen molar-refractivity contribution in [3.05, 3.63) is 35.9 Å². The maximum Gasteiger partial charge on any atom is 0.313 e. The van der Waals surface area contributed by atoms with Gasteiger partial charge in [0.25, 0.3) is 0 Å². The van der Waals surface area contributed by atoms with Crippen LogP contribution in [0.5, 0.6) is 0 Å². The van der Waals surface area contributed by atoms with E-state index in [0.29, 0.717) is 12.8 Å². The number of ether oxygens (including phenoxy) is 1. The first kappa shape index (κ1) is 19.3. The summed E-state index contributed by atoms with van der Waals surface area (Å²) >= 11 is 0. The van der Waals surface area contributed by atoms with Crippen molar-refractivity contribution >= 4 is 11.8 Å². The third-order valence-corrected chi connectivity index (χ3v) is 3.95. The summed E-state index contributed by atoms with van der Waals surface area (Å²) in [6.07, 6.45) is -0.179. The van der Waals surface area contributed by atoms with E-state index >= 15 is 0 Å². The second-order valence-corrected chi connectivity index (χ2v) is 5.57. The molecule has 128 valence electrons. The van der Waals surface area contributed by atoms with Crippen LogP contribution >= 0.6 is 0 Å². The fraction of sp³-hybridized carbons (Fsp3) is 0.556. The van der Waals surface area contributed by atoms with E-state index in [1.54, 1.807) is 6.92 Å². The number of Topliss-reactive ketones (excluding diaryl/α,β-unsaturated/α-hetero) is 1. The van der Waals surface area contributed by atoms with Crippen molar-refractivity contribution in [2.24, 2.45) is 5.92 Å². The average molecular weight is 322 g/mol. The van der Waals surface area contributed by atoms with E-state index in [1.165, 1.54) is 0 Å². The highest BCUT2D eigenvalue weighted by molar-refractivity contribution is 5.99. The zero-order valence-electron chi connectivity index (χ0n) is 13.8. The molecule has 0 saturated carbocycles. The number of carbonyl (C=O) groups excluding carboxylic acids is 2. The standard InChI is InChI=1S/C18H26O5/c1-3-16(20)14(12-19)10-15(13-8-6-5-7-9-13)17(21)11-18(22)23-4-2/h5-9,14-16,19-20H,3-4,10-12H2,1-2H3. The highest BCUT2D eigenvalue weighted by Crippen LogP contribution is 2.28. The van der Waals surface area contributed by atoms with E-state index in [2.05, 4.69) is 0 Å². The molecule has 0 bridgehead atoms. The molecule has 5 heteroatoms. The van der Waals surface area contributed by atoms with Crippen LogP contribution in [0.15, 0.2) is 30.3 Å². The topological polar surface area (TPSA) is 83.8 Å². The zero-order valence-corrected chi connectivity index (χ0v) is 13.8. The Labute approximate surface area is 137 Å². The minimum Gasteiger partial charge on any atom is -0.466 e. The van der Waals surface area contributed by atoms with E-state index in [0.717, 1.165) is 5.56 Å². The predicted octanol–water partition coefficient (Wildman–Crippen LogP) is 2.06. The number of benzene rings is 1. The van der Waals surface area contributed by atoms with Gasteiger partial charge in [0, 0.05) is 18.4 Å². The Hall–Kier alpha value is -1.72. The molecule has 1 aromatic rings. The van der Waals surface area contributed by atoms with Gasteiger partial charge < -0.3 is 14.9 Å². The van der Waals surface area contributed by atoms with Gasteiger partial charge in [-0.05, 0) is 25.3 Å². The molecule has 1 rings (SSSR count). The molecule has 0 heterocycles. The molecule has 3 atom stereocenters. The van der Waals surface area contributed by atoms with Crippen LogP contribution in [0, 0.1) is 5.92 Å². The Morgan fingerprint density at radius 3 is 2.35 bits per heavy atom. The van der Waals surface area contributed by atoms with Gasteiger partial charge in [0.05, 0.1) is 12.7 Å². The molecule has 0 aliphatic rings. The summed E-state index contributed by atoms with van der Waals surface area (Å²) in [5, 5.41) is 19.5. The van der Waals surface area contributed by atoms with Crippen LogP contribution in [0.25, 0.3) is 0 Å². The van der Waals surface area contributed by atoms with Crippen molar-refractivity contribution in [3.63, 3.8) is 0 Å². The number of hydrogen-bond donors (Lipinski definition) is 2. The molecule has 0 aliphatic carbocycles. The molecule has 5 nitrogen and oxygen atoms in total. The molecule has 3 unspecified atom stereocenters. The molecule has 0 saturated heterocycles. The van der Waals surface area contributed by atoms with E-state index in [-0.39, 0.29) is 25.4 Å². The van der Waals surface area contributed by atoms with E-state index < -0.39 is 23.9 Å². The van der Waals surface area contributed by atoms with Gasteiger partial charge in [-0.15, -0.1) is 0 Å². The number of aliphatic hydroxyl groups excluding tert-OH is 2. The first-order valence-corrected chi connectivity index (χ1v) is 8.05. The second kappa shape index (κ2) is 10.1. The van der Waals surface area contributed by atoms with Crippen molar-refractivity contribution in [1.29, 1.82) is 0 Å². The van der Waals surface area contributed by atoms with Crippen LogP contribution in [0.1, 0.15) is 44.6 Å². The molecule has 23 heavy (non-hydrogen) atoms. The quantitative estimate of drug-likeness (QED) is 0.509. The summed E-state index contributed by atoms with van der Waals surface area (Å²) in [5.74, 6) is -1.75. The normalized spacial score (nSPS) is 14.8. The minimum absolute atomic E-state index is 0.203. The molecular formula is C18H26O5. The predicted molar refractivity (Wildman–Crippen MR) is 86.9 cm³/mol. The van der Waals surface area contributed by atoms with Gasteiger partial charge in [-0.25, -0.2) is 0 Å². The van der Waals surface area contributed by atoms with Gasteiger partial charge >= 0.3 is 5.97 Å². The molecule has 1 aromatic carbocycles. The van der Waals surface area contributed by atoms with Crippen LogP contribution in [-0.2, 0) is 14.3 Å². The maximum atomic E-state index is 12.5. The maximum absolute atomic E-state index is 12.5. The molecule has 2 N–H and O–H groups in total. The summed E-state index contributed by atoms with van der Waals surface area (Å²) in [4.78, 5) is 24.1. The lowest BCUT2D eigenvalue weighted by atomic mass is 9.82. The fourth-order valence-electron chi connectivity index (χ4n) is 2.61. The number of aliphatic hydroxyl groups is 2. The van der Waals surface area contributed by atoms with Gasteiger partial charge in [-0.3, -0.25) is 9.59 Å². The van der Waals surface area contributed by atoms with Gasteiger partial charge in [-0.2, -0.15) is 0 Å². The molecule has 0 amide bonds. The van der Waals surface area contributed by atoms with Crippen LogP contribution in [0.3, 0.4) is 0 Å². The van der Waals surface area contributed by atoms with Crippen molar-refractivity contribution in [3.8, 4) is 0 Å². The van der Waals surface area contributed by atoms with Gasteiger partial charge in [0.2, 0.25) is 0 Å². The molecule has 0 radical (unpaired) electrons. The Bertz CT molecular complexity index is 485. The van der Waals surface area contributed by atoms with E-state index in [4.69, 9.17) is 4.74 Å². The van der Waals surface area contributed by atoms with Crippen molar-refractivity contribution in [2.75, 3.05) is 13.2 Å². The first-order valence-electron chi connectivity index (χ1n) is 8.05. The molecule has 0 aromatic heterocycles. The SMILES string of the molecule is CCOC(=O)CC(=O)C(CC(CO)C(O)CC)c1ccccc1. The van der Waals surface area contributed by atoms with E-state index in [1.807, 2.05) is 37.3 Å². The van der Waals surface area contributed by atoms with Crippen molar-refractivity contribution in [2.45, 2.75) is 45.1 Å². The smallest absolute Gasteiger partial charge is 0.313 e. The summed E-state index contributed by atoms with van der Waals surface area (Å²) in [6, 6.07) is 9.14. The Balaban J connectivity index is 2.93. The van der Waals surface area contributed by atoms with Crippen molar-refractivity contribution in [1.82, 2.24) is 0 Å². The Morgan fingerprint density at radius 2 is 1.83 bits per heavy atom. The number of hydrogen-bond acceptors (Lipinski definition) is 5. The first-order chi connectivity index (χ1) is 11.0. The number of carbonyl (C=O) groups is 2. The Kier molecular flexibility index (Phi) is 8.51. The Morgan fingerprint density at radius 1 is 1.17 bits per heavy atom. The van der Waals surface area contributed by atoms with Gasteiger partial charge in [-0.1, -0.05) is 37.3 Å². The van der Waals surface area contributed by atoms with Crippen LogP contribution < -0.4 is 0 Å².